The van der Waals surface area contributed by atoms with Crippen LogP contribution in [0.2, 0.25) is 0 Å². The molecule has 0 aliphatic carbocycles. The lowest BCUT2D eigenvalue weighted by Gasteiger charge is -2.29. The number of para-hydroxylation sites is 1. The highest BCUT2D eigenvalue weighted by Crippen LogP contribution is 2.20. The van der Waals surface area contributed by atoms with Gasteiger partial charge in [-0.1, -0.05) is 78.9 Å². The number of benzene rings is 3. The number of nitrogens with two attached hydrogens (primary N) is 2. The minimum Gasteiger partial charge on any atom is -0.394 e. The highest BCUT2D eigenvalue weighted by atomic mass is 32.2. The maximum Gasteiger partial charge on any atom is 0.245 e. The van der Waals surface area contributed by atoms with Crippen molar-refractivity contribution in [2.75, 3.05) is 36.2 Å². The van der Waals surface area contributed by atoms with Crippen LogP contribution in [0, 0.1) is 0 Å². The molecule has 7 amide bonds. The molecule has 10 atom stereocenters. The lowest BCUT2D eigenvalue weighted by Crippen LogP contribution is -2.62. The molecule has 0 saturated carbocycles. The van der Waals surface area contributed by atoms with Crippen LogP contribution in [-0.2, 0) is 52.8 Å². The molecule has 0 bridgehead atoms. The van der Waals surface area contributed by atoms with Crippen molar-refractivity contribution < 1.29 is 48.9 Å². The lowest BCUT2D eigenvalue weighted by atomic mass is 10.0. The summed E-state index contributed by atoms with van der Waals surface area (Å²) in [6.45, 7) is 2.31. The van der Waals surface area contributed by atoms with Crippen molar-refractivity contribution in [2.24, 2.45) is 11.5 Å². The second-order valence-electron chi connectivity index (χ2n) is 18.1. The third-order valence-corrected chi connectivity index (χ3v) is 14.6. The molecule has 396 valence electrons. The van der Waals surface area contributed by atoms with Crippen LogP contribution in [0.15, 0.2) is 91.1 Å². The highest BCUT2D eigenvalue weighted by Gasteiger charge is 2.36. The largest absolute Gasteiger partial charge is 0.394 e. The minimum atomic E-state index is -1.63. The number of aromatic amines is 1. The monoisotopic (exact) mass is 1050 g/mol. The molecule has 1 saturated heterocycles. The van der Waals surface area contributed by atoms with E-state index in [2.05, 4.69) is 42.2 Å². The van der Waals surface area contributed by atoms with Crippen molar-refractivity contribution in [3.05, 3.63) is 108 Å². The van der Waals surface area contributed by atoms with Crippen molar-refractivity contribution in [1.82, 2.24) is 42.2 Å². The molecular weight excluding hydrogens is 977 g/mol. The summed E-state index contributed by atoms with van der Waals surface area (Å²) in [5.74, 6) is -4.66. The molecule has 22 heteroatoms. The lowest BCUT2D eigenvalue weighted by molar-refractivity contribution is -0.136. The number of unbranched alkanes of at least 4 members (excludes halogenated alkanes) is 1. The van der Waals surface area contributed by atoms with Gasteiger partial charge >= 0.3 is 0 Å². The summed E-state index contributed by atoms with van der Waals surface area (Å²) in [6.07, 6.45) is -0.0173. The Morgan fingerprint density at radius 2 is 1.30 bits per heavy atom. The van der Waals surface area contributed by atoms with Crippen molar-refractivity contribution in [3.8, 4) is 0 Å². The van der Waals surface area contributed by atoms with Gasteiger partial charge in [0.1, 0.15) is 36.3 Å². The van der Waals surface area contributed by atoms with Crippen LogP contribution in [0.3, 0.4) is 0 Å². The summed E-state index contributed by atoms with van der Waals surface area (Å²) in [7, 11) is 0. The number of fused-ring (bicyclic) bond motifs is 1. The van der Waals surface area contributed by atoms with Crippen LogP contribution in [-0.4, -0.2) is 158 Å². The Bertz CT molecular complexity index is 2430. The van der Waals surface area contributed by atoms with Crippen molar-refractivity contribution >= 4 is 75.8 Å². The molecule has 5 rings (SSSR count). The minimum absolute atomic E-state index is 0.0181. The zero-order valence-corrected chi connectivity index (χ0v) is 42.7. The van der Waals surface area contributed by atoms with Gasteiger partial charge in [0.05, 0.1) is 30.9 Å². The van der Waals surface area contributed by atoms with E-state index in [9.17, 15) is 48.9 Å². The molecular formula is C51H70N10O10S2. The summed E-state index contributed by atoms with van der Waals surface area (Å²) in [5.41, 5.74) is 15.1. The second kappa shape index (κ2) is 29.6. The summed E-state index contributed by atoms with van der Waals surface area (Å²) in [5, 5.41) is 50.7. The van der Waals surface area contributed by atoms with Crippen molar-refractivity contribution in [3.63, 3.8) is 0 Å². The third-order valence-electron chi connectivity index (χ3n) is 12.2. The Kier molecular flexibility index (Phi) is 23.5. The van der Waals surface area contributed by atoms with Crippen LogP contribution < -0.4 is 48.7 Å². The topological polar surface area (TPSA) is 332 Å². The first-order valence-electron chi connectivity index (χ1n) is 24.4. The standard InChI is InChI=1S/C51H70N10O10S2/c1-30(63)41(27-62)58-50(70)43-29-73-22-21-72-28-42(59-45(65)36(53)23-32-13-5-3-6-14-32)49(69)56-39(24-33-15-7-4-8-16-33)47(67)57-40(25-34-26-54-37-18-10-9-17-35(34)37)48(68)55-38(19-11-12-20-52)46(66)61-44(31(2)64)51(71)60-43/h3-10,13-18,26,30-31,36,38-44,54,62-64H,11-12,19-25,27-29,52-53H2,1-2H3,(H,55,68)(H,56,69)(H,57,67)(H,58,70)(H,59,65)(H,60,71)(H,61,66)/t30-,31-,36-,38+,39+,40-,41-,42+,43+,44+/m1/s1. The number of aliphatic hydroxyl groups excluding tert-OH is 3. The number of hydrogen-bond donors (Lipinski definition) is 13. The number of aromatic nitrogens is 1. The van der Waals surface area contributed by atoms with Gasteiger partial charge in [0.25, 0.3) is 0 Å². The van der Waals surface area contributed by atoms with Gasteiger partial charge in [-0.05, 0) is 68.8 Å². The quantitative estimate of drug-likeness (QED) is 0.0581. The van der Waals surface area contributed by atoms with Crippen LogP contribution in [0.1, 0.15) is 49.8 Å². The molecule has 3 aromatic carbocycles. The zero-order valence-electron chi connectivity index (χ0n) is 41.1. The molecule has 0 unspecified atom stereocenters. The number of amides is 7. The number of carbonyl (C=O) groups is 7. The first-order chi connectivity index (χ1) is 35.1. The number of hydrogen-bond acceptors (Lipinski definition) is 14. The summed E-state index contributed by atoms with van der Waals surface area (Å²) in [4.78, 5) is 103. The Hall–Kier alpha value is -6.01. The summed E-state index contributed by atoms with van der Waals surface area (Å²) in [6, 6.07) is 15.2. The maximum atomic E-state index is 14.7. The average molecular weight is 1050 g/mol. The van der Waals surface area contributed by atoms with Crippen LogP contribution in [0.5, 0.6) is 0 Å². The molecule has 0 radical (unpaired) electrons. The van der Waals surface area contributed by atoms with Gasteiger partial charge in [0.15, 0.2) is 0 Å². The van der Waals surface area contributed by atoms with E-state index in [1.807, 2.05) is 54.6 Å². The third kappa shape index (κ3) is 18.2. The van der Waals surface area contributed by atoms with Gasteiger partial charge in [-0.2, -0.15) is 23.5 Å². The number of rotatable bonds is 17. The molecule has 1 fully saturated rings. The molecule has 73 heavy (non-hydrogen) atoms. The van der Waals surface area contributed by atoms with Gasteiger partial charge in [-0.15, -0.1) is 0 Å². The van der Waals surface area contributed by atoms with Gasteiger partial charge in [0.2, 0.25) is 41.4 Å². The predicted molar refractivity (Wildman–Crippen MR) is 282 cm³/mol. The Morgan fingerprint density at radius 3 is 1.95 bits per heavy atom. The van der Waals surface area contributed by atoms with Crippen LogP contribution >= 0.6 is 23.5 Å². The van der Waals surface area contributed by atoms with E-state index in [0.717, 1.165) is 16.5 Å². The number of aliphatic hydroxyl groups is 3. The molecule has 4 aromatic rings. The number of H-pyrrole nitrogens is 1. The number of carbonyl (C=O) groups excluding carboxylic acids is 7. The van der Waals surface area contributed by atoms with E-state index in [-0.39, 0.29) is 43.7 Å². The Balaban J connectivity index is 1.54. The fourth-order valence-electron chi connectivity index (χ4n) is 8.02. The van der Waals surface area contributed by atoms with E-state index >= 15 is 0 Å². The molecule has 15 N–H and O–H groups in total. The maximum absolute atomic E-state index is 14.7. The smallest absolute Gasteiger partial charge is 0.245 e. The van der Waals surface area contributed by atoms with Gasteiger partial charge < -0.3 is 69.0 Å². The van der Waals surface area contributed by atoms with Crippen LogP contribution in [0.25, 0.3) is 10.9 Å². The Morgan fingerprint density at radius 1 is 0.712 bits per heavy atom. The SMILES string of the molecule is C[C@@H](O)[C@@H]1NC(=O)[C@H](CCCCN)NC(=O)[C@@H](Cc2c[nH]c3ccccc23)NC(=O)[C@H](Cc2ccccc2)NC(=O)[C@@H](NC(=O)[C@H](N)Cc2ccccc2)CSCCSC[C@@H](C(=O)N[C@H](CO)[C@@H](C)O)NC1=O. The fourth-order valence-corrected chi connectivity index (χ4v) is 10.2. The predicted octanol–water partition coefficient (Wildman–Crippen LogP) is -0.720. The van der Waals surface area contributed by atoms with Crippen LogP contribution in [0.4, 0.5) is 0 Å². The van der Waals surface area contributed by atoms with E-state index in [4.69, 9.17) is 11.5 Å². The van der Waals surface area contributed by atoms with Gasteiger partial charge in [0, 0.05) is 53.0 Å². The molecule has 1 aliphatic rings. The van der Waals surface area contributed by atoms with E-state index in [1.165, 1.54) is 37.4 Å². The fraction of sp³-hybridized carbons (Fsp3) is 0.471. The first-order valence-corrected chi connectivity index (χ1v) is 26.7. The van der Waals surface area contributed by atoms with E-state index in [0.29, 0.717) is 35.5 Å². The summed E-state index contributed by atoms with van der Waals surface area (Å²) < 4.78 is 0. The summed E-state index contributed by atoms with van der Waals surface area (Å²) >= 11 is 2.54. The second-order valence-corrected chi connectivity index (χ2v) is 20.4. The van der Waals surface area contributed by atoms with Crippen molar-refractivity contribution in [1.29, 1.82) is 0 Å². The van der Waals surface area contributed by atoms with E-state index < -0.39 is 108 Å². The van der Waals surface area contributed by atoms with Gasteiger partial charge in [-0.25, -0.2) is 0 Å². The molecule has 1 aromatic heterocycles. The molecule has 0 spiro atoms. The van der Waals surface area contributed by atoms with Gasteiger partial charge in [-0.3, -0.25) is 33.6 Å². The first kappa shape index (κ1) is 57.9. The van der Waals surface area contributed by atoms with Crippen molar-refractivity contribution in [2.45, 2.75) is 113 Å². The molecule has 1 aliphatic heterocycles. The Labute approximate surface area is 433 Å². The molecule has 20 nitrogen and oxygen atoms in total. The average Bonchev–Trinajstić information content (AvgIpc) is 3.78. The zero-order chi connectivity index (χ0) is 52.9. The number of thioether (sulfide) groups is 2. The molecule has 2 heterocycles. The highest BCUT2D eigenvalue weighted by molar-refractivity contribution is 8.03. The normalized spacial score (nSPS) is 22.9. The number of nitrogens with one attached hydrogen (secondary N) is 8. The van der Waals surface area contributed by atoms with E-state index in [1.54, 1.807) is 36.5 Å².